The molecule has 1 heterocycles. The molecule has 2 aromatic rings. The van der Waals surface area contributed by atoms with E-state index in [2.05, 4.69) is 41.3 Å². The average Bonchev–Trinajstić information content (AvgIpc) is 2.56. The quantitative estimate of drug-likeness (QED) is 0.757. The van der Waals surface area contributed by atoms with E-state index >= 15 is 0 Å². The second kappa shape index (κ2) is 7.17. The molecule has 0 aliphatic carbocycles. The number of halogens is 1. The summed E-state index contributed by atoms with van der Waals surface area (Å²) in [5, 5.41) is 0.0148. The smallest absolute Gasteiger partial charge is 0.119 e. The summed E-state index contributed by atoms with van der Waals surface area (Å²) in [6.07, 6.45) is 1.11. The molecule has 2 aromatic carbocycles. The lowest BCUT2D eigenvalue weighted by Crippen LogP contribution is -2.32. The highest BCUT2D eigenvalue weighted by Gasteiger charge is 2.19. The zero-order valence-corrected chi connectivity index (χ0v) is 13.7. The van der Waals surface area contributed by atoms with Crippen LogP contribution >= 0.6 is 11.6 Å². The van der Waals surface area contributed by atoms with Crippen molar-refractivity contribution in [3.05, 3.63) is 65.2 Å². The highest BCUT2D eigenvalue weighted by Crippen LogP contribution is 2.26. The SMILES string of the molecule is CCOc1ccc(C(Cl)CN2CCc3ccccc3C2)cc1. The van der Waals surface area contributed by atoms with E-state index in [-0.39, 0.29) is 5.38 Å². The first-order chi connectivity index (χ1) is 10.8. The van der Waals surface area contributed by atoms with Gasteiger partial charge in [-0.1, -0.05) is 36.4 Å². The number of fused-ring (bicyclic) bond motifs is 1. The molecule has 22 heavy (non-hydrogen) atoms. The molecule has 0 spiro atoms. The Labute approximate surface area is 137 Å². The van der Waals surface area contributed by atoms with Crippen LogP contribution in [0, 0.1) is 0 Å². The van der Waals surface area contributed by atoms with E-state index < -0.39 is 0 Å². The van der Waals surface area contributed by atoms with Gasteiger partial charge in [-0.2, -0.15) is 0 Å². The number of rotatable bonds is 5. The van der Waals surface area contributed by atoms with E-state index in [0.29, 0.717) is 6.61 Å². The topological polar surface area (TPSA) is 12.5 Å². The molecule has 1 unspecified atom stereocenters. The molecule has 0 aromatic heterocycles. The molecule has 3 heteroatoms. The highest BCUT2D eigenvalue weighted by atomic mass is 35.5. The fourth-order valence-corrected chi connectivity index (χ4v) is 3.32. The standard InChI is InChI=1S/C19H22ClNO/c1-2-22-18-9-7-16(8-10-18)19(20)14-21-12-11-15-5-3-4-6-17(15)13-21/h3-10,19H,2,11-14H2,1H3. The van der Waals surface area contributed by atoms with Gasteiger partial charge in [0.25, 0.3) is 0 Å². The Kier molecular flexibility index (Phi) is 5.01. The fourth-order valence-electron chi connectivity index (χ4n) is 2.98. The van der Waals surface area contributed by atoms with Crippen molar-refractivity contribution in [3.8, 4) is 5.75 Å². The lowest BCUT2D eigenvalue weighted by atomic mass is 9.99. The molecule has 0 saturated carbocycles. The van der Waals surface area contributed by atoms with Gasteiger partial charge < -0.3 is 4.74 Å². The molecule has 2 nitrogen and oxygen atoms in total. The molecule has 0 saturated heterocycles. The van der Waals surface area contributed by atoms with Crippen LogP contribution in [-0.2, 0) is 13.0 Å². The summed E-state index contributed by atoms with van der Waals surface area (Å²) in [7, 11) is 0. The maximum absolute atomic E-state index is 6.61. The molecular weight excluding hydrogens is 294 g/mol. The number of benzene rings is 2. The normalized spacial score (nSPS) is 16.1. The number of alkyl halides is 1. The van der Waals surface area contributed by atoms with Crippen molar-refractivity contribution in [2.75, 3.05) is 19.7 Å². The first kappa shape index (κ1) is 15.4. The van der Waals surface area contributed by atoms with Gasteiger partial charge >= 0.3 is 0 Å². The van der Waals surface area contributed by atoms with Gasteiger partial charge in [0.15, 0.2) is 0 Å². The molecule has 1 aliphatic rings. The van der Waals surface area contributed by atoms with E-state index in [1.165, 1.54) is 11.1 Å². The van der Waals surface area contributed by atoms with Crippen molar-refractivity contribution < 1.29 is 4.74 Å². The summed E-state index contributed by atoms with van der Waals surface area (Å²) >= 11 is 6.61. The molecule has 1 aliphatic heterocycles. The summed E-state index contributed by atoms with van der Waals surface area (Å²) in [5.41, 5.74) is 4.07. The zero-order valence-electron chi connectivity index (χ0n) is 13.0. The van der Waals surface area contributed by atoms with Crippen LogP contribution in [-0.4, -0.2) is 24.6 Å². The van der Waals surface area contributed by atoms with Gasteiger partial charge in [0, 0.05) is 19.6 Å². The van der Waals surface area contributed by atoms with Crippen molar-refractivity contribution >= 4 is 11.6 Å². The number of ether oxygens (including phenoxy) is 1. The van der Waals surface area contributed by atoms with Crippen LogP contribution < -0.4 is 4.74 Å². The molecule has 1 atom stereocenters. The average molecular weight is 316 g/mol. The molecule has 0 N–H and O–H groups in total. The van der Waals surface area contributed by atoms with Crippen molar-refractivity contribution in [2.24, 2.45) is 0 Å². The number of hydrogen-bond acceptors (Lipinski definition) is 2. The van der Waals surface area contributed by atoms with Crippen molar-refractivity contribution in [1.29, 1.82) is 0 Å². The van der Waals surface area contributed by atoms with Crippen molar-refractivity contribution in [2.45, 2.75) is 25.3 Å². The maximum atomic E-state index is 6.61. The predicted molar refractivity (Wildman–Crippen MR) is 91.6 cm³/mol. The lowest BCUT2D eigenvalue weighted by molar-refractivity contribution is 0.254. The van der Waals surface area contributed by atoms with E-state index in [4.69, 9.17) is 16.3 Å². The van der Waals surface area contributed by atoms with Crippen LogP contribution in [0.15, 0.2) is 48.5 Å². The van der Waals surface area contributed by atoms with Crippen LogP contribution in [0.4, 0.5) is 0 Å². The Hall–Kier alpha value is -1.51. The van der Waals surface area contributed by atoms with Gasteiger partial charge in [-0.25, -0.2) is 0 Å². The molecule has 0 fully saturated rings. The summed E-state index contributed by atoms with van der Waals surface area (Å²) in [6, 6.07) is 16.8. The molecule has 3 rings (SSSR count). The van der Waals surface area contributed by atoms with Gasteiger partial charge in [-0.05, 0) is 42.2 Å². The Morgan fingerprint density at radius 3 is 2.55 bits per heavy atom. The third-order valence-corrected chi connectivity index (χ3v) is 4.57. The van der Waals surface area contributed by atoms with E-state index in [9.17, 15) is 0 Å². The summed E-state index contributed by atoms with van der Waals surface area (Å²) in [6.45, 7) is 5.64. The van der Waals surface area contributed by atoms with Crippen LogP contribution in [0.3, 0.4) is 0 Å². The fraction of sp³-hybridized carbons (Fsp3) is 0.368. The first-order valence-electron chi connectivity index (χ1n) is 7.92. The van der Waals surface area contributed by atoms with Crippen LogP contribution in [0.5, 0.6) is 5.75 Å². The minimum Gasteiger partial charge on any atom is -0.494 e. The third-order valence-electron chi connectivity index (χ3n) is 4.18. The van der Waals surface area contributed by atoms with Gasteiger partial charge in [0.1, 0.15) is 5.75 Å². The molecular formula is C19H22ClNO. The second-order valence-electron chi connectivity index (χ2n) is 5.72. The van der Waals surface area contributed by atoms with E-state index in [1.54, 1.807) is 0 Å². The summed E-state index contributed by atoms with van der Waals surface area (Å²) in [5.74, 6) is 0.905. The molecule has 0 radical (unpaired) electrons. The van der Waals surface area contributed by atoms with Gasteiger partial charge in [-0.15, -0.1) is 11.6 Å². The number of nitrogens with zero attached hydrogens (tertiary/aromatic N) is 1. The van der Waals surface area contributed by atoms with Crippen LogP contribution in [0.2, 0.25) is 0 Å². The van der Waals surface area contributed by atoms with E-state index in [1.807, 2.05) is 19.1 Å². The highest BCUT2D eigenvalue weighted by molar-refractivity contribution is 6.21. The Balaban J connectivity index is 1.61. The predicted octanol–water partition coefficient (Wildman–Crippen LogP) is 4.42. The third kappa shape index (κ3) is 3.63. The minimum absolute atomic E-state index is 0.0148. The largest absolute Gasteiger partial charge is 0.494 e. The summed E-state index contributed by atoms with van der Waals surface area (Å²) in [4.78, 5) is 2.44. The molecule has 0 amide bonds. The van der Waals surface area contributed by atoms with Crippen LogP contribution in [0.25, 0.3) is 0 Å². The molecule has 0 bridgehead atoms. The minimum atomic E-state index is 0.0148. The van der Waals surface area contributed by atoms with Crippen molar-refractivity contribution in [1.82, 2.24) is 4.90 Å². The zero-order chi connectivity index (χ0) is 15.4. The number of hydrogen-bond donors (Lipinski definition) is 0. The van der Waals surface area contributed by atoms with Crippen molar-refractivity contribution in [3.63, 3.8) is 0 Å². The Morgan fingerprint density at radius 1 is 1.09 bits per heavy atom. The van der Waals surface area contributed by atoms with Gasteiger partial charge in [-0.3, -0.25) is 4.90 Å². The molecule has 116 valence electrons. The van der Waals surface area contributed by atoms with Gasteiger partial charge in [0.2, 0.25) is 0 Å². The second-order valence-corrected chi connectivity index (χ2v) is 6.25. The van der Waals surface area contributed by atoms with Crippen LogP contribution in [0.1, 0.15) is 29.0 Å². The maximum Gasteiger partial charge on any atom is 0.119 e. The Morgan fingerprint density at radius 2 is 1.82 bits per heavy atom. The lowest BCUT2D eigenvalue weighted by Gasteiger charge is -2.30. The Bertz CT molecular complexity index is 611. The first-order valence-corrected chi connectivity index (χ1v) is 8.36. The summed E-state index contributed by atoms with van der Waals surface area (Å²) < 4.78 is 5.48. The van der Waals surface area contributed by atoms with Gasteiger partial charge in [0.05, 0.1) is 12.0 Å². The monoisotopic (exact) mass is 315 g/mol. The van der Waals surface area contributed by atoms with E-state index in [0.717, 1.165) is 37.4 Å².